The number of hydrogen-bond acceptors (Lipinski definition) is 17. The SMILES string of the molecule is CO[C@H]1C[C@@H]2CC[C@@H](C)[C@@](O)(O2)C(=O)C(=O)N2CCCC[C@H]2C(=O)O[C@H]([C@H](C)C[C@@H]2CC[C@@H](OC(=O)NS(=O)(=O)NCC(=O)O)[C@H](OC)C2)CC(=O)[C@H](C)/C=C(\C)[C@@H](O)[C@@H](OC)C(=O)[C@H](C)C[C@H](C)/C=C/C=C/C=C/1C. The van der Waals surface area contributed by atoms with Crippen LogP contribution in [0.4, 0.5) is 4.79 Å². The summed E-state index contributed by atoms with van der Waals surface area (Å²) in [5, 5.41) is 32.3. The molecule has 22 heteroatoms. The van der Waals surface area contributed by atoms with Gasteiger partial charge in [0.15, 0.2) is 5.78 Å². The van der Waals surface area contributed by atoms with Gasteiger partial charge in [-0.1, -0.05) is 71.1 Å². The summed E-state index contributed by atoms with van der Waals surface area (Å²) in [5.74, 6) is -10.6. The van der Waals surface area contributed by atoms with Crippen LogP contribution in [0.2, 0.25) is 0 Å². The van der Waals surface area contributed by atoms with E-state index in [1.54, 1.807) is 57.2 Å². The smallest absolute Gasteiger partial charge is 0.422 e. The summed E-state index contributed by atoms with van der Waals surface area (Å²) in [6.07, 6.45) is 6.85. The lowest BCUT2D eigenvalue weighted by Crippen LogP contribution is -2.61. The Morgan fingerprint density at radius 2 is 1.59 bits per heavy atom. The fourth-order valence-electron chi connectivity index (χ4n) is 10.7. The molecular weight excluding hydrogens is 1010 g/mol. The van der Waals surface area contributed by atoms with Crippen molar-refractivity contribution in [2.45, 2.75) is 180 Å². The van der Waals surface area contributed by atoms with Crippen LogP contribution < -0.4 is 9.44 Å². The molecular formula is C54H83N3O18S. The van der Waals surface area contributed by atoms with E-state index < -0.39 is 125 Å². The number of nitrogens with zero attached hydrogens (tertiary/aromatic N) is 1. The molecule has 4 rings (SSSR count). The zero-order valence-corrected chi connectivity index (χ0v) is 46.6. The molecule has 21 nitrogen and oxygen atoms in total. The van der Waals surface area contributed by atoms with Gasteiger partial charge in [-0.25, -0.2) is 14.3 Å². The second kappa shape index (κ2) is 29.3. The minimum absolute atomic E-state index is 0.00837. The number of piperidine rings is 1. The molecule has 2 saturated heterocycles. The number of aliphatic hydroxyl groups excluding tert-OH is 1. The summed E-state index contributed by atoms with van der Waals surface area (Å²) < 4.78 is 62.5. The average Bonchev–Trinajstić information content (AvgIpc) is 3.37. The number of aliphatic carboxylic acids is 1. The van der Waals surface area contributed by atoms with Crippen molar-refractivity contribution in [3.8, 4) is 0 Å². The van der Waals surface area contributed by atoms with Crippen molar-refractivity contribution in [3.63, 3.8) is 0 Å². The molecule has 3 fully saturated rings. The lowest BCUT2D eigenvalue weighted by atomic mass is 9.78. The van der Waals surface area contributed by atoms with Crippen molar-refractivity contribution in [1.29, 1.82) is 0 Å². The fraction of sp³-hybridized carbons (Fsp3) is 0.722. The quantitative estimate of drug-likeness (QED) is 0.105. The molecule has 15 atom stereocenters. The number of carbonyl (C=O) groups is 7. The van der Waals surface area contributed by atoms with Crippen LogP contribution in [0.25, 0.3) is 0 Å². The number of hydrogen-bond donors (Lipinski definition) is 5. The molecule has 4 aliphatic rings. The van der Waals surface area contributed by atoms with Crippen LogP contribution in [0.5, 0.6) is 0 Å². The van der Waals surface area contributed by atoms with Gasteiger partial charge in [0.2, 0.25) is 5.79 Å². The number of Topliss-reactive ketones (excluding diaryl/α,β-unsaturated/α-hetero) is 3. The highest BCUT2D eigenvalue weighted by Crippen LogP contribution is 2.38. The largest absolute Gasteiger partial charge is 0.480 e. The number of carboxylic acid groups (broad SMARTS) is 1. The Balaban J connectivity index is 1.67. The van der Waals surface area contributed by atoms with Gasteiger partial charge in [0.1, 0.15) is 42.8 Å². The van der Waals surface area contributed by atoms with Crippen LogP contribution in [0, 0.1) is 35.5 Å². The first-order valence-electron chi connectivity index (χ1n) is 26.4. The van der Waals surface area contributed by atoms with Crippen LogP contribution in [0.1, 0.15) is 126 Å². The first-order valence-corrected chi connectivity index (χ1v) is 27.9. The zero-order chi connectivity index (χ0) is 56.7. The number of allylic oxidation sites excluding steroid dienone is 6. The minimum Gasteiger partial charge on any atom is -0.480 e. The van der Waals surface area contributed by atoms with Crippen LogP contribution >= 0.6 is 0 Å². The molecule has 1 aliphatic carbocycles. The summed E-state index contributed by atoms with van der Waals surface area (Å²) in [7, 11) is -0.266. The van der Waals surface area contributed by atoms with Gasteiger partial charge in [-0.05, 0) is 107 Å². The molecule has 2 amide bonds. The van der Waals surface area contributed by atoms with Gasteiger partial charge in [0.05, 0.1) is 18.3 Å². The van der Waals surface area contributed by atoms with Gasteiger partial charge >= 0.3 is 28.2 Å². The van der Waals surface area contributed by atoms with Gasteiger partial charge in [-0.3, -0.25) is 24.0 Å². The third-order valence-electron chi connectivity index (χ3n) is 15.3. The average molecular weight is 1090 g/mol. The predicted molar refractivity (Wildman–Crippen MR) is 277 cm³/mol. The van der Waals surface area contributed by atoms with E-state index >= 15 is 0 Å². The van der Waals surface area contributed by atoms with Crippen LogP contribution in [-0.2, 0) is 67.4 Å². The van der Waals surface area contributed by atoms with Crippen molar-refractivity contribution in [2.75, 3.05) is 34.4 Å². The second-order valence-corrected chi connectivity index (χ2v) is 22.8. The van der Waals surface area contributed by atoms with Crippen molar-refractivity contribution < 1.29 is 85.7 Å². The number of fused-ring (bicyclic) bond motifs is 3. The Labute approximate surface area is 447 Å². The van der Waals surface area contributed by atoms with Crippen molar-refractivity contribution in [3.05, 3.63) is 47.6 Å². The maximum Gasteiger partial charge on any atom is 0.422 e. The van der Waals surface area contributed by atoms with E-state index in [1.165, 1.54) is 14.2 Å². The molecule has 428 valence electrons. The van der Waals surface area contributed by atoms with Gasteiger partial charge in [0, 0.05) is 58.5 Å². The number of cyclic esters (lactones) is 1. The molecule has 3 aliphatic heterocycles. The molecule has 0 aromatic carbocycles. The highest BCUT2D eigenvalue weighted by Gasteiger charge is 2.53. The summed E-state index contributed by atoms with van der Waals surface area (Å²) in [5.41, 5.74) is 1.16. The number of carbonyl (C=O) groups excluding carboxylic acids is 6. The number of methoxy groups -OCH3 is 3. The lowest BCUT2D eigenvalue weighted by molar-refractivity contribution is -0.265. The van der Waals surface area contributed by atoms with E-state index in [0.717, 1.165) is 10.5 Å². The first-order chi connectivity index (χ1) is 35.7. The summed E-state index contributed by atoms with van der Waals surface area (Å²) in [6.45, 7) is 11.3. The maximum absolute atomic E-state index is 14.5. The van der Waals surface area contributed by atoms with Crippen molar-refractivity contribution in [2.24, 2.45) is 35.5 Å². The minimum atomic E-state index is -4.55. The summed E-state index contributed by atoms with van der Waals surface area (Å²) in [4.78, 5) is 95.8. The molecule has 0 aromatic rings. The Bertz CT molecular complexity index is 2280. The number of rotatable bonds is 11. The number of carboxylic acids is 1. The lowest BCUT2D eigenvalue weighted by Gasteiger charge is -2.42. The molecule has 5 N–H and O–H groups in total. The van der Waals surface area contributed by atoms with E-state index in [2.05, 4.69) is 0 Å². The maximum atomic E-state index is 14.5. The Morgan fingerprint density at radius 1 is 0.882 bits per heavy atom. The number of ether oxygens (including phenoxy) is 6. The zero-order valence-electron chi connectivity index (χ0n) is 45.8. The number of nitrogens with one attached hydrogen (secondary N) is 2. The van der Waals surface area contributed by atoms with Crippen molar-refractivity contribution >= 4 is 51.5 Å². The molecule has 1 saturated carbocycles. The molecule has 0 spiro atoms. The van der Waals surface area contributed by atoms with Gasteiger partial charge in [-0.2, -0.15) is 13.1 Å². The molecule has 0 radical (unpaired) electrons. The number of aliphatic hydroxyl groups is 2. The molecule has 0 unspecified atom stereocenters. The topological polar surface area (TPSA) is 297 Å². The highest BCUT2D eigenvalue weighted by atomic mass is 32.2. The molecule has 0 aromatic heterocycles. The molecule has 76 heavy (non-hydrogen) atoms. The third kappa shape index (κ3) is 17.9. The van der Waals surface area contributed by atoms with E-state index in [0.29, 0.717) is 56.9 Å². The predicted octanol–water partition coefficient (Wildman–Crippen LogP) is 4.83. The van der Waals surface area contributed by atoms with E-state index in [-0.39, 0.29) is 55.6 Å². The second-order valence-electron chi connectivity index (χ2n) is 21.3. The Hall–Kier alpha value is -4.68. The number of ketones is 3. The highest BCUT2D eigenvalue weighted by molar-refractivity contribution is 7.88. The summed E-state index contributed by atoms with van der Waals surface area (Å²) >= 11 is 0. The van der Waals surface area contributed by atoms with Crippen LogP contribution in [0.3, 0.4) is 0 Å². The molecule has 2 bridgehead atoms. The van der Waals surface area contributed by atoms with E-state index in [9.17, 15) is 52.2 Å². The fourth-order valence-corrected chi connectivity index (χ4v) is 11.4. The number of amides is 2. The Morgan fingerprint density at radius 3 is 2.25 bits per heavy atom. The van der Waals surface area contributed by atoms with E-state index in [1.807, 2.05) is 44.2 Å². The van der Waals surface area contributed by atoms with Gasteiger partial charge in [0.25, 0.3) is 11.7 Å². The van der Waals surface area contributed by atoms with Gasteiger partial charge < -0.3 is 48.6 Å². The standard InChI is InChI=1S/C54H83N3O18S/c1-31-16-12-11-13-17-32(2)43(70-8)28-39-21-19-37(7)54(67,75-39)50(63)51(64)57-23-15-14-18-40(57)52(65)73-44(29-41(58)33(3)25-36(6)48(62)49(72-10)47(61)35(5)24-31)34(4)26-38-20-22-42(45(27-38)71-9)74-53(66)56-76(68,69)55-30-46(59)60/h11-13,16-17,25,31,33-35,37-40,42-45,48-49,55,62,67H,14-15,18-24,26-30H2,1-10H3,(H,56,66)(H,59,60)/b13-11+,16-12+,32-17+,36-25+/t31-,33-,34-,35-,37-,38+,39+,40+,42-,43+,44+,45-,48-,49+,54-/m1/s1. The third-order valence-corrected chi connectivity index (χ3v) is 16.3. The van der Waals surface area contributed by atoms with Crippen molar-refractivity contribution in [1.82, 2.24) is 14.3 Å². The normalized spacial score (nSPS) is 36.3. The van der Waals surface area contributed by atoms with Crippen LogP contribution in [-0.4, -0.2) is 159 Å². The Kier molecular flexibility index (Phi) is 24.6. The monoisotopic (exact) mass is 1090 g/mol. The van der Waals surface area contributed by atoms with Crippen LogP contribution in [0.15, 0.2) is 47.6 Å². The van der Waals surface area contributed by atoms with E-state index in [4.69, 9.17) is 33.5 Å². The summed E-state index contributed by atoms with van der Waals surface area (Å²) in [6, 6.07) is -1.25. The molecule has 3 heterocycles. The van der Waals surface area contributed by atoms with Gasteiger partial charge in [-0.15, -0.1) is 0 Å². The number of esters is 1. The first kappa shape index (κ1) is 63.8.